The molecule has 1 fully saturated rings. The Morgan fingerprint density at radius 2 is 2.15 bits per heavy atom. The number of hydrogen-bond acceptors (Lipinski definition) is 4. The average Bonchev–Trinajstić information content (AvgIpc) is 3.02. The molecule has 1 aliphatic carbocycles. The topological polar surface area (TPSA) is 85.5 Å². The van der Waals surface area contributed by atoms with E-state index in [1.807, 2.05) is 0 Å². The number of anilines is 1. The third-order valence-electron chi connectivity index (χ3n) is 4.81. The van der Waals surface area contributed by atoms with E-state index >= 15 is 0 Å². The van der Waals surface area contributed by atoms with Gasteiger partial charge in [-0.3, -0.25) is 14.5 Å². The van der Waals surface area contributed by atoms with Crippen molar-refractivity contribution < 1.29 is 31.9 Å². The van der Waals surface area contributed by atoms with Gasteiger partial charge in [-0.25, -0.2) is 22.5 Å². The van der Waals surface area contributed by atoms with Gasteiger partial charge in [0, 0.05) is 25.4 Å². The number of rotatable bonds is 5. The van der Waals surface area contributed by atoms with Crippen molar-refractivity contribution in [2.75, 3.05) is 18.1 Å². The highest BCUT2D eigenvalue weighted by molar-refractivity contribution is 6.09. The van der Waals surface area contributed by atoms with E-state index in [1.54, 1.807) is 0 Å². The van der Waals surface area contributed by atoms with Crippen LogP contribution in [0.1, 0.15) is 31.7 Å². The fraction of sp³-hybridized carbons (Fsp3) is 0.562. The molecule has 1 saturated carbocycles. The lowest BCUT2D eigenvalue weighted by Crippen LogP contribution is -2.49. The number of nitrogens with zero attached hydrogens (tertiary/aromatic N) is 2. The van der Waals surface area contributed by atoms with E-state index in [9.17, 15) is 27.2 Å². The summed E-state index contributed by atoms with van der Waals surface area (Å²) in [5.41, 5.74) is 2.41. The van der Waals surface area contributed by atoms with Gasteiger partial charge in [0.25, 0.3) is 5.91 Å². The van der Waals surface area contributed by atoms with Crippen molar-refractivity contribution in [3.8, 4) is 0 Å². The highest BCUT2D eigenvalue weighted by Crippen LogP contribution is 2.55. The van der Waals surface area contributed by atoms with Crippen molar-refractivity contribution in [1.82, 2.24) is 4.98 Å². The number of fused-ring (bicyclic) bond motifs is 1. The number of amides is 2. The number of halogens is 4. The molecule has 142 valence electrons. The molecule has 1 aromatic heterocycles. The van der Waals surface area contributed by atoms with Crippen molar-refractivity contribution >= 4 is 17.6 Å². The summed E-state index contributed by atoms with van der Waals surface area (Å²) in [6.45, 7) is 0.735. The Morgan fingerprint density at radius 1 is 1.46 bits per heavy atom. The number of primary amides is 1. The molecule has 10 heteroatoms. The van der Waals surface area contributed by atoms with Gasteiger partial charge in [-0.05, 0) is 13.3 Å². The van der Waals surface area contributed by atoms with Crippen LogP contribution in [0, 0.1) is 17.6 Å². The van der Waals surface area contributed by atoms with Gasteiger partial charge in [-0.2, -0.15) is 0 Å². The number of carbonyl (C=O) groups excluding carboxylic acids is 2. The molecule has 26 heavy (non-hydrogen) atoms. The van der Waals surface area contributed by atoms with E-state index in [0.29, 0.717) is 6.20 Å². The van der Waals surface area contributed by atoms with E-state index in [0.717, 1.165) is 4.90 Å². The number of hydrogen-bond donors (Lipinski definition) is 1. The molecule has 6 nitrogen and oxygen atoms in total. The molecule has 1 aromatic rings. The maximum absolute atomic E-state index is 14.7. The van der Waals surface area contributed by atoms with Crippen LogP contribution in [0.4, 0.5) is 23.4 Å². The summed E-state index contributed by atoms with van der Waals surface area (Å²) in [6, 6.07) is 0. The van der Waals surface area contributed by atoms with Crippen molar-refractivity contribution in [1.29, 1.82) is 0 Å². The Labute approximate surface area is 146 Å². The minimum absolute atomic E-state index is 0.117. The number of aromatic nitrogens is 1. The van der Waals surface area contributed by atoms with Gasteiger partial charge in [0.05, 0.1) is 11.8 Å². The largest absolute Gasteiger partial charge is 0.368 e. The van der Waals surface area contributed by atoms with Gasteiger partial charge in [0.1, 0.15) is 12.4 Å². The average molecular weight is 375 g/mol. The smallest absolute Gasteiger partial charge is 0.266 e. The number of ether oxygens (including phenoxy) is 1. The van der Waals surface area contributed by atoms with Crippen molar-refractivity contribution in [2.24, 2.45) is 11.7 Å². The lowest BCUT2D eigenvalue weighted by Gasteiger charge is -2.34. The minimum Gasteiger partial charge on any atom is -0.368 e. The summed E-state index contributed by atoms with van der Waals surface area (Å²) in [6.07, 6.45) is -0.799. The van der Waals surface area contributed by atoms with Crippen molar-refractivity contribution in [3.63, 3.8) is 0 Å². The van der Waals surface area contributed by atoms with Gasteiger partial charge in [0.15, 0.2) is 17.2 Å². The first-order valence-corrected chi connectivity index (χ1v) is 8.10. The molecule has 0 aromatic carbocycles. The first kappa shape index (κ1) is 18.6. The van der Waals surface area contributed by atoms with Crippen LogP contribution in [0.3, 0.4) is 0 Å². The summed E-state index contributed by atoms with van der Waals surface area (Å²) in [4.78, 5) is 28.9. The molecule has 2 heterocycles. The summed E-state index contributed by atoms with van der Waals surface area (Å²) < 4.78 is 61.7. The van der Waals surface area contributed by atoms with Gasteiger partial charge >= 0.3 is 0 Å². The predicted molar refractivity (Wildman–Crippen MR) is 81.3 cm³/mol. The molecule has 0 bridgehead atoms. The van der Waals surface area contributed by atoms with Gasteiger partial charge in [-0.1, -0.05) is 0 Å². The second kappa shape index (κ2) is 6.19. The van der Waals surface area contributed by atoms with E-state index in [2.05, 4.69) is 4.98 Å². The summed E-state index contributed by atoms with van der Waals surface area (Å²) >= 11 is 0. The Balaban J connectivity index is 2.22. The SMILES string of the molecule is CCO[C@]1([C@@H]2CCC(F)(F)C2)C(=O)N(CC(N)=O)c2ncc(F)c(F)c21. The zero-order valence-electron chi connectivity index (χ0n) is 13.9. The Morgan fingerprint density at radius 3 is 2.69 bits per heavy atom. The van der Waals surface area contributed by atoms with E-state index in [1.165, 1.54) is 6.92 Å². The number of nitrogens with two attached hydrogens (primary N) is 1. The molecular weight excluding hydrogens is 358 g/mol. The fourth-order valence-electron chi connectivity index (χ4n) is 3.85. The third kappa shape index (κ3) is 2.63. The van der Waals surface area contributed by atoms with Crippen LogP contribution in [0.25, 0.3) is 0 Å². The molecule has 0 radical (unpaired) electrons. The molecule has 2 atom stereocenters. The monoisotopic (exact) mass is 375 g/mol. The van der Waals surface area contributed by atoms with Crippen LogP contribution in [0.2, 0.25) is 0 Å². The molecule has 3 rings (SSSR count). The Hall–Kier alpha value is -2.23. The third-order valence-corrected chi connectivity index (χ3v) is 4.81. The number of pyridine rings is 1. The predicted octanol–water partition coefficient (Wildman–Crippen LogP) is 1.86. The Kier molecular flexibility index (Phi) is 4.41. The fourth-order valence-corrected chi connectivity index (χ4v) is 3.85. The second-order valence-corrected chi connectivity index (χ2v) is 6.44. The van der Waals surface area contributed by atoms with Crippen LogP contribution >= 0.6 is 0 Å². The molecular formula is C16H17F4N3O3. The molecule has 0 unspecified atom stereocenters. The number of carbonyl (C=O) groups is 2. The molecule has 0 spiro atoms. The van der Waals surface area contributed by atoms with E-state index in [4.69, 9.17) is 10.5 Å². The maximum Gasteiger partial charge on any atom is 0.266 e. The molecule has 2 amide bonds. The van der Waals surface area contributed by atoms with Crippen molar-refractivity contribution in [3.05, 3.63) is 23.4 Å². The highest BCUT2D eigenvalue weighted by Gasteiger charge is 2.63. The normalized spacial score (nSPS) is 27.0. The highest BCUT2D eigenvalue weighted by atomic mass is 19.3. The number of alkyl halides is 2. The van der Waals surface area contributed by atoms with Gasteiger partial charge < -0.3 is 10.5 Å². The van der Waals surface area contributed by atoms with Crippen LogP contribution < -0.4 is 10.6 Å². The van der Waals surface area contributed by atoms with Crippen LogP contribution in [0.5, 0.6) is 0 Å². The van der Waals surface area contributed by atoms with Crippen LogP contribution in [-0.2, 0) is 19.9 Å². The molecule has 2 N–H and O–H groups in total. The van der Waals surface area contributed by atoms with Crippen LogP contribution in [0.15, 0.2) is 6.20 Å². The standard InChI is InChI=1S/C16H17F4N3O3/c1-2-26-16(8-3-4-15(19,20)5-8)11-12(18)9(17)6-22-13(11)23(14(16)25)7-10(21)24/h6,8H,2-5,7H2,1H3,(H2,21,24)/t8-,16+/m1/s1. The molecule has 0 saturated heterocycles. The van der Waals surface area contributed by atoms with E-state index < -0.39 is 65.8 Å². The summed E-state index contributed by atoms with van der Waals surface area (Å²) in [5, 5.41) is 0. The first-order chi connectivity index (χ1) is 12.1. The van der Waals surface area contributed by atoms with E-state index in [-0.39, 0.29) is 18.8 Å². The maximum atomic E-state index is 14.7. The first-order valence-electron chi connectivity index (χ1n) is 8.10. The minimum atomic E-state index is -3.05. The lowest BCUT2D eigenvalue weighted by atomic mass is 9.80. The Bertz CT molecular complexity index is 773. The zero-order chi connectivity index (χ0) is 19.3. The summed E-state index contributed by atoms with van der Waals surface area (Å²) in [5.74, 6) is -9.09. The lowest BCUT2D eigenvalue weighted by molar-refractivity contribution is -0.154. The molecule has 1 aliphatic heterocycles. The quantitative estimate of drug-likeness (QED) is 0.796. The zero-order valence-corrected chi connectivity index (χ0v) is 13.9. The second-order valence-electron chi connectivity index (χ2n) is 6.44. The van der Waals surface area contributed by atoms with Gasteiger partial charge in [-0.15, -0.1) is 0 Å². The van der Waals surface area contributed by atoms with Crippen LogP contribution in [-0.4, -0.2) is 35.9 Å². The van der Waals surface area contributed by atoms with Gasteiger partial charge in [0.2, 0.25) is 11.8 Å². The van der Waals surface area contributed by atoms with Crippen molar-refractivity contribution in [2.45, 2.75) is 37.7 Å². The molecule has 2 aliphatic rings. The summed E-state index contributed by atoms with van der Waals surface area (Å²) in [7, 11) is 0.